The maximum atomic E-state index is 9.53. The molecular formula is C16H24N4O2. The predicted octanol–water partition coefficient (Wildman–Crippen LogP) is 1.52. The molecule has 3 aliphatic rings. The van der Waals surface area contributed by atoms with Crippen molar-refractivity contribution in [1.82, 2.24) is 9.97 Å². The highest BCUT2D eigenvalue weighted by atomic mass is 16.5. The quantitative estimate of drug-likeness (QED) is 0.879. The highest BCUT2D eigenvalue weighted by Gasteiger charge is 2.29. The molecule has 2 aliphatic heterocycles. The molecule has 0 amide bonds. The maximum absolute atomic E-state index is 9.53. The second-order valence-corrected chi connectivity index (χ2v) is 6.72. The molecule has 1 aromatic rings. The molecule has 0 bridgehead atoms. The highest BCUT2D eigenvalue weighted by Crippen LogP contribution is 2.29. The molecule has 2 N–H and O–H groups in total. The Balaban J connectivity index is 1.57. The van der Waals surface area contributed by atoms with Crippen molar-refractivity contribution in [3.63, 3.8) is 0 Å². The minimum Gasteiger partial charge on any atom is -0.389 e. The van der Waals surface area contributed by atoms with Crippen LogP contribution in [-0.2, 0) is 4.74 Å². The minimum absolute atomic E-state index is 0.242. The highest BCUT2D eigenvalue weighted by molar-refractivity contribution is 5.47. The number of nitrogens with one attached hydrogen (secondary N) is 1. The fourth-order valence-corrected chi connectivity index (χ4v) is 3.54. The second-order valence-electron chi connectivity index (χ2n) is 6.72. The Bertz CT molecular complexity index is 521. The lowest BCUT2D eigenvalue weighted by Gasteiger charge is -2.36. The number of aliphatic hydroxyl groups is 1. The number of hydrogen-bond donors (Lipinski definition) is 2. The largest absolute Gasteiger partial charge is 0.389 e. The molecule has 0 spiro atoms. The Morgan fingerprint density at radius 1 is 1.18 bits per heavy atom. The van der Waals surface area contributed by atoms with Crippen molar-refractivity contribution >= 4 is 11.8 Å². The van der Waals surface area contributed by atoms with Crippen LogP contribution in [0, 0.1) is 0 Å². The number of hydrogen-bond acceptors (Lipinski definition) is 6. The molecule has 1 aliphatic carbocycles. The predicted molar refractivity (Wildman–Crippen MR) is 84.3 cm³/mol. The summed E-state index contributed by atoms with van der Waals surface area (Å²) in [7, 11) is 0. The van der Waals surface area contributed by atoms with Crippen LogP contribution in [0.1, 0.15) is 43.7 Å². The molecule has 2 saturated heterocycles. The van der Waals surface area contributed by atoms with Gasteiger partial charge in [-0.3, -0.25) is 0 Å². The molecule has 0 radical (unpaired) electrons. The van der Waals surface area contributed by atoms with E-state index in [-0.39, 0.29) is 6.10 Å². The zero-order chi connectivity index (χ0) is 14.9. The number of nitrogens with zero attached hydrogens (tertiary/aromatic N) is 3. The number of β-amino-alcohol motifs (C(OH)–C–C–N with tert-alkyl or cyclic N) is 1. The first kappa shape index (κ1) is 14.2. The van der Waals surface area contributed by atoms with E-state index in [1.54, 1.807) is 0 Å². The molecule has 1 saturated carbocycles. The Morgan fingerprint density at radius 2 is 2.00 bits per heavy atom. The molecule has 6 heteroatoms. The molecule has 0 aromatic carbocycles. The third kappa shape index (κ3) is 2.90. The molecule has 3 fully saturated rings. The first-order valence-corrected chi connectivity index (χ1v) is 8.44. The van der Waals surface area contributed by atoms with Crippen LogP contribution in [-0.4, -0.2) is 53.5 Å². The van der Waals surface area contributed by atoms with E-state index in [4.69, 9.17) is 9.72 Å². The lowest BCUT2D eigenvalue weighted by molar-refractivity contribution is 0.140. The molecule has 1 aromatic heterocycles. The van der Waals surface area contributed by atoms with Gasteiger partial charge >= 0.3 is 0 Å². The lowest BCUT2D eigenvalue weighted by atomic mass is 10.0. The zero-order valence-corrected chi connectivity index (χ0v) is 12.9. The van der Waals surface area contributed by atoms with Gasteiger partial charge in [0.05, 0.1) is 18.4 Å². The average Bonchev–Trinajstić information content (AvgIpc) is 3.16. The Kier molecular flexibility index (Phi) is 3.88. The fourth-order valence-electron chi connectivity index (χ4n) is 3.54. The van der Waals surface area contributed by atoms with Gasteiger partial charge in [-0.15, -0.1) is 0 Å². The first-order chi connectivity index (χ1) is 10.8. The van der Waals surface area contributed by atoms with Crippen molar-refractivity contribution in [2.75, 3.05) is 36.5 Å². The van der Waals surface area contributed by atoms with Crippen LogP contribution < -0.4 is 10.2 Å². The van der Waals surface area contributed by atoms with Crippen LogP contribution in [0.5, 0.6) is 0 Å². The summed E-state index contributed by atoms with van der Waals surface area (Å²) in [6.07, 6.45) is 5.84. The minimum atomic E-state index is -0.242. The Hall–Kier alpha value is -1.40. The van der Waals surface area contributed by atoms with Crippen molar-refractivity contribution in [3.05, 3.63) is 11.8 Å². The molecule has 1 atom stereocenters. The molecule has 6 nitrogen and oxygen atoms in total. The summed E-state index contributed by atoms with van der Waals surface area (Å²) in [5.41, 5.74) is 1.07. The van der Waals surface area contributed by atoms with Gasteiger partial charge in [0, 0.05) is 37.7 Å². The van der Waals surface area contributed by atoms with Gasteiger partial charge in [0.2, 0.25) is 5.95 Å². The Labute approximate surface area is 130 Å². The number of ether oxygens (including phenoxy) is 1. The molecule has 1 unspecified atom stereocenters. The fraction of sp³-hybridized carbons (Fsp3) is 0.750. The van der Waals surface area contributed by atoms with E-state index in [1.165, 1.54) is 25.7 Å². The second kappa shape index (κ2) is 6.01. The summed E-state index contributed by atoms with van der Waals surface area (Å²) in [4.78, 5) is 11.5. The average molecular weight is 304 g/mol. The van der Waals surface area contributed by atoms with Crippen LogP contribution in [0.3, 0.4) is 0 Å². The van der Waals surface area contributed by atoms with Gasteiger partial charge in [-0.25, -0.2) is 4.98 Å². The van der Waals surface area contributed by atoms with Gasteiger partial charge in [0.25, 0.3) is 0 Å². The lowest BCUT2D eigenvalue weighted by Crippen LogP contribution is -2.51. The van der Waals surface area contributed by atoms with Crippen molar-refractivity contribution in [2.45, 2.75) is 50.2 Å². The molecule has 3 heterocycles. The SMILES string of the molecule is OC1CN(c2nc(NC3CCCC3)cc(C3CCOC3)n2)C1. The van der Waals surface area contributed by atoms with Gasteiger partial charge in [0.15, 0.2) is 0 Å². The van der Waals surface area contributed by atoms with Crippen molar-refractivity contribution in [2.24, 2.45) is 0 Å². The number of anilines is 2. The summed E-state index contributed by atoms with van der Waals surface area (Å²) < 4.78 is 5.51. The van der Waals surface area contributed by atoms with E-state index in [9.17, 15) is 5.11 Å². The topological polar surface area (TPSA) is 70.5 Å². The molecule has 4 rings (SSSR count). The number of rotatable bonds is 4. The van der Waals surface area contributed by atoms with Gasteiger partial charge < -0.3 is 20.1 Å². The van der Waals surface area contributed by atoms with E-state index in [0.29, 0.717) is 25.0 Å². The standard InChI is InChI=1S/C16H24N4O2/c21-13-8-20(9-13)16-18-14(11-5-6-22-10-11)7-15(19-16)17-12-3-1-2-4-12/h7,11-13,21H,1-6,8-10H2,(H,17,18,19). The summed E-state index contributed by atoms with van der Waals surface area (Å²) >= 11 is 0. The van der Waals surface area contributed by atoms with Gasteiger partial charge in [-0.2, -0.15) is 4.98 Å². The number of aliphatic hydroxyl groups excluding tert-OH is 1. The summed E-state index contributed by atoms with van der Waals surface area (Å²) in [6, 6.07) is 2.63. The van der Waals surface area contributed by atoms with E-state index in [2.05, 4.69) is 16.4 Å². The molecule has 120 valence electrons. The van der Waals surface area contributed by atoms with Crippen LogP contribution >= 0.6 is 0 Å². The van der Waals surface area contributed by atoms with Crippen LogP contribution in [0.4, 0.5) is 11.8 Å². The number of aromatic nitrogens is 2. The normalized spacial score (nSPS) is 26.4. The van der Waals surface area contributed by atoms with Crippen LogP contribution in [0.2, 0.25) is 0 Å². The first-order valence-electron chi connectivity index (χ1n) is 8.44. The maximum Gasteiger partial charge on any atom is 0.227 e. The smallest absolute Gasteiger partial charge is 0.227 e. The van der Waals surface area contributed by atoms with E-state index in [1.807, 2.05) is 4.90 Å². The summed E-state index contributed by atoms with van der Waals surface area (Å²) in [5, 5.41) is 13.1. The zero-order valence-electron chi connectivity index (χ0n) is 12.9. The third-order valence-corrected chi connectivity index (χ3v) is 4.93. The Morgan fingerprint density at radius 3 is 2.68 bits per heavy atom. The third-order valence-electron chi connectivity index (χ3n) is 4.93. The summed E-state index contributed by atoms with van der Waals surface area (Å²) in [5.74, 6) is 2.05. The summed E-state index contributed by atoms with van der Waals surface area (Å²) in [6.45, 7) is 2.83. The van der Waals surface area contributed by atoms with Crippen molar-refractivity contribution in [1.29, 1.82) is 0 Å². The van der Waals surface area contributed by atoms with Gasteiger partial charge in [-0.1, -0.05) is 12.8 Å². The van der Waals surface area contributed by atoms with E-state index in [0.717, 1.165) is 37.1 Å². The van der Waals surface area contributed by atoms with E-state index < -0.39 is 0 Å². The van der Waals surface area contributed by atoms with Crippen molar-refractivity contribution in [3.8, 4) is 0 Å². The molecule has 22 heavy (non-hydrogen) atoms. The van der Waals surface area contributed by atoms with Gasteiger partial charge in [0.1, 0.15) is 5.82 Å². The monoisotopic (exact) mass is 304 g/mol. The van der Waals surface area contributed by atoms with Crippen molar-refractivity contribution < 1.29 is 9.84 Å². The van der Waals surface area contributed by atoms with E-state index >= 15 is 0 Å². The van der Waals surface area contributed by atoms with Crippen LogP contribution in [0.25, 0.3) is 0 Å². The van der Waals surface area contributed by atoms with Crippen LogP contribution in [0.15, 0.2) is 6.07 Å². The molecular weight excluding hydrogens is 280 g/mol. The van der Waals surface area contributed by atoms with Gasteiger partial charge in [-0.05, 0) is 19.3 Å².